The lowest BCUT2D eigenvalue weighted by molar-refractivity contribution is 0.0999. The van der Waals surface area contributed by atoms with Crippen LogP contribution in [0.4, 0.5) is 0 Å². The third-order valence-corrected chi connectivity index (χ3v) is 4.14. The highest BCUT2D eigenvalue weighted by atomic mass is 79.9. The fourth-order valence-corrected chi connectivity index (χ4v) is 2.80. The summed E-state index contributed by atoms with van der Waals surface area (Å²) in [5.74, 6) is -0.162. The molecule has 0 aliphatic carbocycles. The zero-order valence-electron chi connectivity index (χ0n) is 10.4. The Morgan fingerprint density at radius 3 is 2.80 bits per heavy atom. The van der Waals surface area contributed by atoms with E-state index in [1.54, 1.807) is 18.2 Å². The average Bonchev–Trinajstić information content (AvgIpc) is 2.86. The van der Waals surface area contributed by atoms with E-state index in [9.17, 15) is 4.79 Å². The molecule has 2 rings (SSSR count). The van der Waals surface area contributed by atoms with Crippen LogP contribution in [0.25, 0.3) is 0 Å². The topological polar surface area (TPSA) is 90.7 Å². The number of amides is 1. The molecule has 4 N–H and O–H groups in total. The summed E-state index contributed by atoms with van der Waals surface area (Å²) in [6.07, 6.45) is 0. The monoisotopic (exact) mass is 353 g/mol. The second kappa shape index (κ2) is 6.53. The van der Waals surface area contributed by atoms with Gasteiger partial charge in [0, 0.05) is 15.4 Å². The number of hydrogen-bond acceptors (Lipinski definition) is 4. The molecule has 20 heavy (non-hydrogen) atoms. The number of hydrogen-bond donors (Lipinski definition) is 2. The second-order valence-corrected chi connectivity index (χ2v) is 5.77. The van der Waals surface area contributed by atoms with Crippen LogP contribution in [0, 0.1) is 0 Å². The molecule has 2 aromatic rings. The summed E-state index contributed by atoms with van der Waals surface area (Å²) >= 11 is 4.81. The normalized spacial score (nSPS) is 11.3. The first-order chi connectivity index (χ1) is 9.56. The smallest absolute Gasteiger partial charge is 0.248 e. The van der Waals surface area contributed by atoms with Crippen molar-refractivity contribution in [2.45, 2.75) is 6.61 Å². The first-order valence-corrected chi connectivity index (χ1v) is 7.32. The minimum Gasteiger partial charge on any atom is -0.389 e. The summed E-state index contributed by atoms with van der Waals surface area (Å²) in [4.78, 5) is 17.1. The van der Waals surface area contributed by atoms with E-state index < -0.39 is 5.91 Å². The highest BCUT2D eigenvalue weighted by molar-refractivity contribution is 9.10. The Balaban J connectivity index is 1.98. The largest absolute Gasteiger partial charge is 0.389 e. The van der Waals surface area contributed by atoms with Crippen LogP contribution < -0.4 is 11.5 Å². The molecule has 1 aromatic carbocycles. The Bertz CT molecular complexity index is 655. The molecule has 0 saturated heterocycles. The van der Waals surface area contributed by atoms with E-state index in [1.165, 1.54) is 11.3 Å². The van der Waals surface area contributed by atoms with Crippen LogP contribution in [0.1, 0.15) is 20.8 Å². The van der Waals surface area contributed by atoms with Gasteiger partial charge in [0.1, 0.15) is 6.61 Å². The Kier molecular flexibility index (Phi) is 4.75. The van der Waals surface area contributed by atoms with Crippen LogP contribution in [-0.4, -0.2) is 11.7 Å². The highest BCUT2D eigenvalue weighted by Crippen LogP contribution is 2.19. The zero-order chi connectivity index (χ0) is 14.5. The third kappa shape index (κ3) is 3.82. The number of oxime groups is 1. The molecule has 0 bridgehead atoms. The highest BCUT2D eigenvalue weighted by Gasteiger charge is 2.04. The van der Waals surface area contributed by atoms with E-state index >= 15 is 0 Å². The van der Waals surface area contributed by atoms with E-state index in [-0.39, 0.29) is 6.61 Å². The maximum atomic E-state index is 11.1. The van der Waals surface area contributed by atoms with Crippen molar-refractivity contribution in [2.24, 2.45) is 16.6 Å². The van der Waals surface area contributed by atoms with E-state index in [0.29, 0.717) is 11.4 Å². The molecule has 0 aliphatic heterocycles. The molecular weight excluding hydrogens is 342 g/mol. The number of benzene rings is 1. The quantitative estimate of drug-likeness (QED) is 0.491. The van der Waals surface area contributed by atoms with E-state index in [4.69, 9.17) is 16.3 Å². The predicted molar refractivity (Wildman–Crippen MR) is 82.5 cm³/mol. The lowest BCUT2D eigenvalue weighted by atomic mass is 10.1. The van der Waals surface area contributed by atoms with Gasteiger partial charge in [-0.15, -0.1) is 11.3 Å². The molecule has 0 atom stereocenters. The van der Waals surface area contributed by atoms with Gasteiger partial charge in [0.2, 0.25) is 5.91 Å². The molecule has 1 aromatic heterocycles. The molecule has 0 spiro atoms. The Morgan fingerprint density at radius 1 is 1.35 bits per heavy atom. The molecule has 7 heteroatoms. The van der Waals surface area contributed by atoms with Crippen molar-refractivity contribution in [3.8, 4) is 0 Å². The molecule has 0 saturated carbocycles. The molecule has 0 fully saturated rings. The second-order valence-electron chi connectivity index (χ2n) is 3.94. The van der Waals surface area contributed by atoms with Gasteiger partial charge in [-0.05, 0) is 39.7 Å². The van der Waals surface area contributed by atoms with Gasteiger partial charge in [0.25, 0.3) is 0 Å². The molecular formula is C13H12BrN3O2S. The molecule has 1 heterocycles. The Morgan fingerprint density at radius 2 is 2.15 bits per heavy atom. The number of carbonyl (C=O) groups excluding carboxylic acids is 1. The van der Waals surface area contributed by atoms with Crippen molar-refractivity contribution in [1.82, 2.24) is 0 Å². The summed E-state index contributed by atoms with van der Waals surface area (Å²) in [7, 11) is 0. The van der Waals surface area contributed by atoms with Crippen molar-refractivity contribution >= 4 is 39.0 Å². The first kappa shape index (κ1) is 14.5. The first-order valence-electron chi connectivity index (χ1n) is 5.65. The standard InChI is InChI=1S/C13H12BrN3O2S/c14-10-5-11(20-7-10)12(15)17-19-6-8-2-1-3-9(4-8)13(16)18/h1-5,7H,6H2,(H2,15,17)(H2,16,18). The number of nitrogens with two attached hydrogens (primary N) is 2. The Hall–Kier alpha value is -1.86. The number of thiophene rings is 1. The maximum absolute atomic E-state index is 11.1. The Labute approximate surface area is 128 Å². The van der Waals surface area contributed by atoms with Crippen LogP contribution in [-0.2, 0) is 11.4 Å². The fraction of sp³-hybridized carbons (Fsp3) is 0.0769. The van der Waals surface area contributed by atoms with E-state index in [2.05, 4.69) is 21.1 Å². The lowest BCUT2D eigenvalue weighted by Gasteiger charge is -2.02. The summed E-state index contributed by atoms with van der Waals surface area (Å²) < 4.78 is 0.949. The van der Waals surface area contributed by atoms with Crippen LogP contribution >= 0.6 is 27.3 Å². The minimum atomic E-state index is -0.474. The minimum absolute atomic E-state index is 0.217. The van der Waals surface area contributed by atoms with E-state index in [0.717, 1.165) is 14.9 Å². The predicted octanol–water partition coefficient (Wildman–Crippen LogP) is 2.45. The van der Waals surface area contributed by atoms with Crippen molar-refractivity contribution in [3.63, 3.8) is 0 Å². The van der Waals surface area contributed by atoms with Gasteiger partial charge in [-0.2, -0.15) is 0 Å². The molecule has 5 nitrogen and oxygen atoms in total. The van der Waals surface area contributed by atoms with Gasteiger partial charge < -0.3 is 16.3 Å². The van der Waals surface area contributed by atoms with Gasteiger partial charge in [0.05, 0.1) is 4.88 Å². The number of carbonyl (C=O) groups is 1. The number of rotatable bonds is 5. The van der Waals surface area contributed by atoms with Gasteiger partial charge in [0.15, 0.2) is 5.84 Å². The van der Waals surface area contributed by atoms with Crippen molar-refractivity contribution in [1.29, 1.82) is 0 Å². The van der Waals surface area contributed by atoms with Crippen LogP contribution in [0.15, 0.2) is 45.3 Å². The number of amidine groups is 1. The number of primary amides is 1. The molecule has 1 amide bonds. The number of nitrogens with zero attached hydrogens (tertiary/aromatic N) is 1. The van der Waals surface area contributed by atoms with Crippen molar-refractivity contribution in [3.05, 3.63) is 56.2 Å². The lowest BCUT2D eigenvalue weighted by Crippen LogP contribution is -2.12. The third-order valence-electron chi connectivity index (χ3n) is 2.43. The van der Waals surface area contributed by atoms with E-state index in [1.807, 2.05) is 17.5 Å². The summed E-state index contributed by atoms with van der Waals surface area (Å²) in [5.41, 5.74) is 12.2. The van der Waals surface area contributed by atoms with Crippen molar-refractivity contribution < 1.29 is 9.63 Å². The van der Waals surface area contributed by atoms with Crippen LogP contribution in [0.3, 0.4) is 0 Å². The molecule has 0 unspecified atom stereocenters. The van der Waals surface area contributed by atoms with Crippen LogP contribution in [0.2, 0.25) is 0 Å². The SMILES string of the molecule is NC(=O)c1cccc(CON=C(N)c2cc(Br)cs2)c1. The summed E-state index contributed by atoms with van der Waals surface area (Å²) in [6.45, 7) is 0.217. The summed E-state index contributed by atoms with van der Waals surface area (Å²) in [5, 5.41) is 5.76. The fourth-order valence-electron chi connectivity index (χ4n) is 1.48. The molecule has 104 valence electrons. The average molecular weight is 354 g/mol. The van der Waals surface area contributed by atoms with Gasteiger partial charge in [-0.3, -0.25) is 4.79 Å². The number of halogens is 1. The summed E-state index contributed by atoms with van der Waals surface area (Å²) in [6, 6.07) is 8.73. The zero-order valence-corrected chi connectivity index (χ0v) is 12.8. The van der Waals surface area contributed by atoms with Crippen molar-refractivity contribution in [2.75, 3.05) is 0 Å². The van der Waals surface area contributed by atoms with Gasteiger partial charge in [-0.25, -0.2) is 0 Å². The van der Waals surface area contributed by atoms with Gasteiger partial charge in [-0.1, -0.05) is 17.3 Å². The van der Waals surface area contributed by atoms with Gasteiger partial charge >= 0.3 is 0 Å². The molecule has 0 radical (unpaired) electrons. The van der Waals surface area contributed by atoms with Crippen LogP contribution in [0.5, 0.6) is 0 Å². The maximum Gasteiger partial charge on any atom is 0.248 e. The molecule has 0 aliphatic rings.